The van der Waals surface area contributed by atoms with Gasteiger partial charge in [0.2, 0.25) is 0 Å². The molecule has 1 rings (SSSR count). The van der Waals surface area contributed by atoms with Crippen LogP contribution in [0.15, 0.2) is 29.9 Å². The first-order valence-corrected chi connectivity index (χ1v) is 4.94. The predicted molar refractivity (Wildman–Crippen MR) is 57.9 cm³/mol. The summed E-state index contributed by atoms with van der Waals surface area (Å²) >= 11 is 0. The van der Waals surface area contributed by atoms with Crippen LogP contribution < -0.4 is 5.32 Å². The zero-order chi connectivity index (χ0) is 9.52. The molecule has 0 fully saturated rings. The molecule has 0 bridgehead atoms. The number of hydrogen-bond donors (Lipinski definition) is 1. The molecule has 0 amide bonds. The fourth-order valence-electron chi connectivity index (χ4n) is 1.39. The summed E-state index contributed by atoms with van der Waals surface area (Å²) in [6.07, 6.45) is 7.86. The van der Waals surface area contributed by atoms with Crippen molar-refractivity contribution in [1.29, 1.82) is 0 Å². The number of amidine groups is 1. The molecule has 72 valence electrons. The quantitative estimate of drug-likeness (QED) is 0.646. The maximum Gasteiger partial charge on any atom is 0.101 e. The van der Waals surface area contributed by atoms with Gasteiger partial charge in [-0.25, -0.2) is 0 Å². The van der Waals surface area contributed by atoms with Crippen molar-refractivity contribution in [3.8, 4) is 0 Å². The summed E-state index contributed by atoms with van der Waals surface area (Å²) in [7, 11) is 0. The Morgan fingerprint density at radius 2 is 2.08 bits per heavy atom. The van der Waals surface area contributed by atoms with Gasteiger partial charge in [0.1, 0.15) is 5.84 Å². The third-order valence-corrected chi connectivity index (χ3v) is 2.18. The molecule has 1 aliphatic rings. The van der Waals surface area contributed by atoms with E-state index in [1.54, 1.807) is 6.08 Å². The van der Waals surface area contributed by atoms with E-state index >= 15 is 0 Å². The molecule has 1 aliphatic heterocycles. The molecule has 0 saturated heterocycles. The van der Waals surface area contributed by atoms with Crippen LogP contribution in [0.4, 0.5) is 0 Å². The van der Waals surface area contributed by atoms with Gasteiger partial charge in [-0.3, -0.25) is 4.99 Å². The largest absolute Gasteiger partial charge is 0.345 e. The minimum atomic E-state index is 0.847. The monoisotopic (exact) mass is 178 g/mol. The van der Waals surface area contributed by atoms with Gasteiger partial charge in [0.25, 0.3) is 0 Å². The molecule has 0 aromatic rings. The second-order valence-corrected chi connectivity index (χ2v) is 3.35. The smallest absolute Gasteiger partial charge is 0.101 e. The Balaban J connectivity index is 2.44. The van der Waals surface area contributed by atoms with Gasteiger partial charge in [0.05, 0.1) is 0 Å². The van der Waals surface area contributed by atoms with Crippen molar-refractivity contribution in [2.24, 2.45) is 4.99 Å². The second kappa shape index (κ2) is 5.57. The van der Waals surface area contributed by atoms with Crippen molar-refractivity contribution >= 4 is 5.84 Å². The fourth-order valence-corrected chi connectivity index (χ4v) is 1.39. The summed E-state index contributed by atoms with van der Waals surface area (Å²) in [6, 6.07) is 0. The fraction of sp³-hybridized carbons (Fsp3) is 0.545. The van der Waals surface area contributed by atoms with Crippen molar-refractivity contribution in [3.05, 3.63) is 24.9 Å². The first-order valence-electron chi connectivity index (χ1n) is 4.94. The standard InChI is InChI=1S/C11H18N2/c1-3-10(2)13-11-8-6-4-5-7-9-12-11/h3H,1-2,4-9H2,(H,12,13). The van der Waals surface area contributed by atoms with E-state index in [1.807, 2.05) is 0 Å². The molecule has 0 saturated carbocycles. The van der Waals surface area contributed by atoms with Crippen molar-refractivity contribution in [3.63, 3.8) is 0 Å². The lowest BCUT2D eigenvalue weighted by Gasteiger charge is -2.12. The number of hydrogen-bond acceptors (Lipinski definition) is 2. The molecular weight excluding hydrogens is 160 g/mol. The molecule has 0 aliphatic carbocycles. The van der Waals surface area contributed by atoms with Crippen molar-refractivity contribution in [1.82, 2.24) is 5.32 Å². The third kappa shape index (κ3) is 3.92. The van der Waals surface area contributed by atoms with E-state index in [1.165, 1.54) is 25.7 Å². The van der Waals surface area contributed by atoms with Gasteiger partial charge < -0.3 is 5.32 Å². The van der Waals surface area contributed by atoms with Crippen LogP contribution in [-0.2, 0) is 0 Å². The van der Waals surface area contributed by atoms with E-state index in [-0.39, 0.29) is 0 Å². The SMILES string of the molecule is C=CC(=C)NC1=NCCCCCC1. The summed E-state index contributed by atoms with van der Waals surface area (Å²) in [5, 5.41) is 3.17. The van der Waals surface area contributed by atoms with Crippen molar-refractivity contribution < 1.29 is 0 Å². The van der Waals surface area contributed by atoms with Gasteiger partial charge in [-0.2, -0.15) is 0 Å². The van der Waals surface area contributed by atoms with Crippen LogP contribution in [0.3, 0.4) is 0 Å². The maximum atomic E-state index is 4.47. The van der Waals surface area contributed by atoms with Crippen LogP contribution in [0, 0.1) is 0 Å². The average molecular weight is 178 g/mol. The highest BCUT2D eigenvalue weighted by atomic mass is 15.0. The average Bonchev–Trinajstić information content (AvgIpc) is 2.09. The Hall–Kier alpha value is -1.05. The number of nitrogens with one attached hydrogen (secondary N) is 1. The van der Waals surface area contributed by atoms with Gasteiger partial charge in [-0.15, -0.1) is 0 Å². The van der Waals surface area contributed by atoms with Gasteiger partial charge in [-0.05, 0) is 18.9 Å². The third-order valence-electron chi connectivity index (χ3n) is 2.18. The van der Waals surface area contributed by atoms with E-state index < -0.39 is 0 Å². The van der Waals surface area contributed by atoms with Gasteiger partial charge in [-0.1, -0.05) is 26.0 Å². The Labute approximate surface area is 80.4 Å². The summed E-state index contributed by atoms with van der Waals surface area (Å²) in [6.45, 7) is 8.41. The van der Waals surface area contributed by atoms with Crippen LogP contribution in [0.25, 0.3) is 0 Å². The Bertz CT molecular complexity index is 216. The lowest BCUT2D eigenvalue weighted by Crippen LogP contribution is -2.22. The Kier molecular flexibility index (Phi) is 4.30. The first-order chi connectivity index (χ1) is 6.33. The highest BCUT2D eigenvalue weighted by Gasteiger charge is 2.02. The number of rotatable bonds is 2. The van der Waals surface area contributed by atoms with E-state index in [0.29, 0.717) is 0 Å². The lowest BCUT2D eigenvalue weighted by atomic mass is 10.1. The molecule has 1 heterocycles. The number of nitrogens with zero attached hydrogens (tertiary/aromatic N) is 1. The lowest BCUT2D eigenvalue weighted by molar-refractivity contribution is 0.638. The Morgan fingerprint density at radius 3 is 2.85 bits per heavy atom. The molecule has 0 radical (unpaired) electrons. The second-order valence-electron chi connectivity index (χ2n) is 3.35. The minimum absolute atomic E-state index is 0.847. The summed E-state index contributed by atoms with van der Waals surface area (Å²) in [5.41, 5.74) is 0.847. The van der Waals surface area contributed by atoms with Gasteiger partial charge in [0, 0.05) is 18.7 Å². The number of allylic oxidation sites excluding steroid dienone is 1. The highest BCUT2D eigenvalue weighted by molar-refractivity contribution is 5.84. The normalized spacial score (nSPS) is 18.0. The zero-order valence-electron chi connectivity index (χ0n) is 8.18. The van der Waals surface area contributed by atoms with E-state index in [4.69, 9.17) is 0 Å². The van der Waals surface area contributed by atoms with E-state index in [9.17, 15) is 0 Å². The molecule has 0 unspecified atom stereocenters. The van der Waals surface area contributed by atoms with Crippen molar-refractivity contribution in [2.75, 3.05) is 6.54 Å². The molecule has 0 aromatic heterocycles. The topological polar surface area (TPSA) is 24.4 Å². The molecule has 0 spiro atoms. The first kappa shape index (κ1) is 10.0. The van der Waals surface area contributed by atoms with Crippen molar-refractivity contribution in [2.45, 2.75) is 32.1 Å². The summed E-state index contributed by atoms with van der Waals surface area (Å²) in [4.78, 5) is 4.47. The summed E-state index contributed by atoms with van der Waals surface area (Å²) in [5.74, 6) is 1.07. The van der Waals surface area contributed by atoms with Crippen LogP contribution in [0.5, 0.6) is 0 Å². The van der Waals surface area contributed by atoms with Gasteiger partial charge >= 0.3 is 0 Å². The number of aliphatic imine (C=N–C) groups is 1. The highest BCUT2D eigenvalue weighted by Crippen LogP contribution is 2.08. The van der Waals surface area contributed by atoms with Gasteiger partial charge in [0.15, 0.2) is 0 Å². The van der Waals surface area contributed by atoms with Crippen LogP contribution in [0.1, 0.15) is 32.1 Å². The predicted octanol–water partition coefficient (Wildman–Crippen LogP) is 2.64. The molecule has 0 aromatic carbocycles. The van der Waals surface area contributed by atoms with Crippen LogP contribution >= 0.6 is 0 Å². The van der Waals surface area contributed by atoms with Crippen LogP contribution in [0.2, 0.25) is 0 Å². The molecule has 13 heavy (non-hydrogen) atoms. The molecule has 2 nitrogen and oxygen atoms in total. The zero-order valence-corrected chi connectivity index (χ0v) is 8.18. The minimum Gasteiger partial charge on any atom is -0.345 e. The maximum absolute atomic E-state index is 4.47. The molecule has 1 N–H and O–H groups in total. The van der Waals surface area contributed by atoms with Crippen LogP contribution in [-0.4, -0.2) is 12.4 Å². The van der Waals surface area contributed by atoms with E-state index in [2.05, 4.69) is 23.5 Å². The Morgan fingerprint density at radius 1 is 1.31 bits per heavy atom. The van der Waals surface area contributed by atoms with E-state index in [0.717, 1.165) is 24.5 Å². The molecule has 0 atom stereocenters. The molecular formula is C11H18N2. The molecule has 2 heteroatoms. The summed E-state index contributed by atoms with van der Waals surface area (Å²) < 4.78 is 0.